The number of rotatable bonds is 6. The van der Waals surface area contributed by atoms with Crippen LogP contribution in [0.15, 0.2) is 82.2 Å². The number of sulfonamides is 1. The number of para-hydroxylation sites is 1. The minimum absolute atomic E-state index is 0.0346. The van der Waals surface area contributed by atoms with Crippen LogP contribution in [0.3, 0.4) is 0 Å². The number of hydrogen-bond donors (Lipinski definition) is 0. The molecule has 166 valence electrons. The second-order valence-corrected chi connectivity index (χ2v) is 11.1. The first kappa shape index (κ1) is 23.0. The average Bonchev–Trinajstić information content (AvgIpc) is 3.10. The molecule has 0 bridgehead atoms. The molecule has 0 saturated carbocycles. The molecule has 0 aromatic heterocycles. The van der Waals surface area contributed by atoms with Crippen LogP contribution in [-0.4, -0.2) is 31.2 Å². The van der Waals surface area contributed by atoms with E-state index in [0.717, 1.165) is 27.7 Å². The summed E-state index contributed by atoms with van der Waals surface area (Å²) in [4.78, 5) is 15.2. The number of nitrogens with zero attached hydrogens (tertiary/aromatic N) is 2. The van der Waals surface area contributed by atoms with Crippen LogP contribution in [0.4, 0.5) is 5.69 Å². The van der Waals surface area contributed by atoms with Crippen LogP contribution in [0.1, 0.15) is 18.1 Å². The molecule has 32 heavy (non-hydrogen) atoms. The van der Waals surface area contributed by atoms with Gasteiger partial charge in [0.15, 0.2) is 0 Å². The lowest BCUT2D eigenvalue weighted by atomic mass is 10.1. The summed E-state index contributed by atoms with van der Waals surface area (Å²) in [5.74, 6) is -0.253. The molecule has 0 spiro atoms. The minimum atomic E-state index is -3.93. The van der Waals surface area contributed by atoms with Gasteiger partial charge in [-0.25, -0.2) is 8.42 Å². The Labute approximate surface area is 201 Å². The van der Waals surface area contributed by atoms with Crippen LogP contribution in [0.2, 0.25) is 5.02 Å². The van der Waals surface area contributed by atoms with Gasteiger partial charge >= 0.3 is 0 Å². The van der Waals surface area contributed by atoms with Gasteiger partial charge in [-0.15, -0.1) is 0 Å². The van der Waals surface area contributed by atoms with Crippen molar-refractivity contribution in [3.63, 3.8) is 0 Å². The molecule has 0 radical (unpaired) electrons. The van der Waals surface area contributed by atoms with Gasteiger partial charge in [-0.2, -0.15) is 4.31 Å². The molecule has 0 aliphatic carbocycles. The fourth-order valence-corrected chi connectivity index (χ4v) is 5.72. The molecule has 1 unspecified atom stereocenters. The Bertz CT molecular complexity index is 1230. The fraction of sp³-hybridized carbons (Fsp3) is 0.208. The maximum absolute atomic E-state index is 13.5. The smallest absolute Gasteiger partial charge is 0.243 e. The Morgan fingerprint density at radius 3 is 2.41 bits per heavy atom. The molecular weight excluding hydrogens is 512 g/mol. The SMILES string of the molecule is CC1Cc2ccccc2N1C(=O)CN(Cc1ccc(Br)cc1)S(=O)(=O)c1ccc(Cl)cc1. The van der Waals surface area contributed by atoms with Gasteiger partial charge in [0.1, 0.15) is 0 Å². The Balaban J connectivity index is 1.67. The molecule has 4 rings (SSSR count). The fourth-order valence-electron chi connectivity index (χ4n) is 3.95. The van der Waals surface area contributed by atoms with Gasteiger partial charge in [-0.1, -0.05) is 57.9 Å². The Kier molecular flexibility index (Phi) is 6.72. The molecule has 3 aromatic rings. The summed E-state index contributed by atoms with van der Waals surface area (Å²) in [5, 5.41) is 0.446. The van der Waals surface area contributed by atoms with E-state index < -0.39 is 10.0 Å². The molecule has 1 amide bonds. The molecule has 0 saturated heterocycles. The largest absolute Gasteiger partial charge is 0.308 e. The van der Waals surface area contributed by atoms with Crippen molar-refractivity contribution in [2.24, 2.45) is 0 Å². The van der Waals surface area contributed by atoms with Gasteiger partial charge in [0.25, 0.3) is 0 Å². The number of carbonyl (C=O) groups is 1. The Morgan fingerprint density at radius 1 is 1.06 bits per heavy atom. The van der Waals surface area contributed by atoms with E-state index in [4.69, 9.17) is 11.6 Å². The number of carbonyl (C=O) groups excluding carboxylic acids is 1. The Morgan fingerprint density at radius 2 is 1.72 bits per heavy atom. The lowest BCUT2D eigenvalue weighted by molar-refractivity contribution is -0.119. The summed E-state index contributed by atoms with van der Waals surface area (Å²) in [6.45, 7) is 1.79. The van der Waals surface area contributed by atoms with Crippen LogP contribution in [-0.2, 0) is 27.8 Å². The van der Waals surface area contributed by atoms with E-state index in [9.17, 15) is 13.2 Å². The third-order valence-corrected chi connectivity index (χ3v) is 8.10. The first-order valence-electron chi connectivity index (χ1n) is 10.2. The number of benzene rings is 3. The van der Waals surface area contributed by atoms with Crippen LogP contribution in [0, 0.1) is 0 Å². The predicted molar refractivity (Wildman–Crippen MR) is 130 cm³/mol. The normalized spacial score (nSPS) is 15.8. The van der Waals surface area contributed by atoms with Crippen molar-refractivity contribution in [1.29, 1.82) is 0 Å². The molecule has 3 aromatic carbocycles. The van der Waals surface area contributed by atoms with Gasteiger partial charge < -0.3 is 4.90 Å². The Hall–Kier alpha value is -2.19. The average molecular weight is 534 g/mol. The highest BCUT2D eigenvalue weighted by Crippen LogP contribution is 2.32. The zero-order valence-corrected chi connectivity index (χ0v) is 20.6. The first-order valence-corrected chi connectivity index (χ1v) is 12.8. The van der Waals surface area contributed by atoms with E-state index in [0.29, 0.717) is 5.02 Å². The highest BCUT2D eigenvalue weighted by Gasteiger charge is 2.34. The maximum Gasteiger partial charge on any atom is 0.243 e. The quantitative estimate of drug-likeness (QED) is 0.434. The van der Waals surface area contributed by atoms with E-state index in [1.54, 1.807) is 4.90 Å². The molecule has 1 atom stereocenters. The van der Waals surface area contributed by atoms with E-state index in [1.807, 2.05) is 55.5 Å². The number of hydrogen-bond acceptors (Lipinski definition) is 3. The van der Waals surface area contributed by atoms with Crippen molar-refractivity contribution in [2.45, 2.75) is 30.8 Å². The highest BCUT2D eigenvalue weighted by atomic mass is 79.9. The van der Waals surface area contributed by atoms with Crippen molar-refractivity contribution < 1.29 is 13.2 Å². The predicted octanol–water partition coefficient (Wildman–Crippen LogP) is 5.27. The number of anilines is 1. The summed E-state index contributed by atoms with van der Waals surface area (Å²) in [5.41, 5.74) is 2.72. The molecule has 1 aliphatic heterocycles. The van der Waals surface area contributed by atoms with Gasteiger partial charge in [0.05, 0.1) is 11.4 Å². The monoisotopic (exact) mass is 532 g/mol. The van der Waals surface area contributed by atoms with Crippen molar-refractivity contribution in [3.05, 3.63) is 93.4 Å². The van der Waals surface area contributed by atoms with Crippen molar-refractivity contribution >= 4 is 49.1 Å². The zero-order chi connectivity index (χ0) is 22.9. The second kappa shape index (κ2) is 9.35. The summed E-state index contributed by atoms with van der Waals surface area (Å²) in [7, 11) is -3.93. The maximum atomic E-state index is 13.5. The van der Waals surface area contributed by atoms with Gasteiger partial charge in [0.2, 0.25) is 15.9 Å². The van der Waals surface area contributed by atoms with Gasteiger partial charge in [-0.05, 0) is 66.9 Å². The molecule has 5 nitrogen and oxygen atoms in total. The number of halogens is 2. The summed E-state index contributed by atoms with van der Waals surface area (Å²) in [6, 6.07) is 21.1. The number of amides is 1. The third-order valence-electron chi connectivity index (χ3n) is 5.51. The molecule has 1 heterocycles. The first-order chi connectivity index (χ1) is 15.3. The summed E-state index contributed by atoms with van der Waals surface area (Å²) in [6.07, 6.45) is 0.749. The van der Waals surface area contributed by atoms with Crippen molar-refractivity contribution in [2.75, 3.05) is 11.4 Å². The van der Waals surface area contributed by atoms with Gasteiger partial charge in [0, 0.05) is 27.8 Å². The van der Waals surface area contributed by atoms with Gasteiger partial charge in [-0.3, -0.25) is 4.79 Å². The molecular formula is C24H22BrClN2O3S. The molecule has 1 aliphatic rings. The molecule has 0 N–H and O–H groups in total. The lowest BCUT2D eigenvalue weighted by Crippen LogP contribution is -2.44. The standard InChI is InChI=1S/C24H22BrClN2O3S/c1-17-14-19-4-2-3-5-23(19)28(17)24(29)16-27(15-18-6-8-20(25)9-7-18)32(30,31)22-12-10-21(26)11-13-22/h2-13,17H,14-16H2,1H3. The second-order valence-electron chi connectivity index (χ2n) is 7.80. The van der Waals surface area contributed by atoms with Crippen molar-refractivity contribution in [3.8, 4) is 0 Å². The topological polar surface area (TPSA) is 57.7 Å². The lowest BCUT2D eigenvalue weighted by Gasteiger charge is -2.27. The van der Waals surface area contributed by atoms with Crippen molar-refractivity contribution in [1.82, 2.24) is 4.31 Å². The van der Waals surface area contributed by atoms with Crippen LogP contribution >= 0.6 is 27.5 Å². The number of fused-ring (bicyclic) bond motifs is 1. The van der Waals surface area contributed by atoms with E-state index in [1.165, 1.54) is 28.6 Å². The zero-order valence-electron chi connectivity index (χ0n) is 17.4. The third kappa shape index (κ3) is 4.76. The summed E-state index contributed by atoms with van der Waals surface area (Å²) < 4.78 is 29.1. The van der Waals surface area contributed by atoms with E-state index in [2.05, 4.69) is 15.9 Å². The van der Waals surface area contributed by atoms with Crippen LogP contribution < -0.4 is 4.90 Å². The highest BCUT2D eigenvalue weighted by molar-refractivity contribution is 9.10. The van der Waals surface area contributed by atoms with E-state index in [-0.39, 0.29) is 29.9 Å². The minimum Gasteiger partial charge on any atom is -0.308 e. The van der Waals surface area contributed by atoms with Crippen LogP contribution in [0.5, 0.6) is 0 Å². The van der Waals surface area contributed by atoms with Crippen LogP contribution in [0.25, 0.3) is 0 Å². The summed E-state index contributed by atoms with van der Waals surface area (Å²) >= 11 is 9.34. The molecule has 0 fully saturated rings. The van der Waals surface area contributed by atoms with E-state index >= 15 is 0 Å². The molecule has 8 heteroatoms.